The van der Waals surface area contributed by atoms with Crippen LogP contribution in [0.4, 0.5) is 0 Å². The Morgan fingerprint density at radius 3 is 1.51 bits per heavy atom. The molecule has 3 nitrogen and oxygen atoms in total. The van der Waals surface area contributed by atoms with Crippen LogP contribution in [0.15, 0.2) is 54.6 Å². The average molecular weight is 543 g/mol. The summed E-state index contributed by atoms with van der Waals surface area (Å²) in [5.74, 6) is 1.45. The fraction of sp³-hybridized carbons (Fsp3) is 0.486. The Hall–Kier alpha value is -2.51. The van der Waals surface area contributed by atoms with Crippen LogP contribution in [0.1, 0.15) is 111 Å². The van der Waals surface area contributed by atoms with Gasteiger partial charge in [-0.05, 0) is 95.9 Å². The van der Waals surface area contributed by atoms with Crippen LogP contribution in [0, 0.1) is 13.8 Å². The summed E-state index contributed by atoms with van der Waals surface area (Å²) in [5.41, 5.74) is 7.49. The Bertz CT molecular complexity index is 1330. The minimum absolute atomic E-state index is 0.177. The number of benzene rings is 3. The van der Waals surface area contributed by atoms with Crippen molar-refractivity contribution in [2.45, 2.75) is 109 Å². The summed E-state index contributed by atoms with van der Waals surface area (Å²) in [6, 6.07) is 18.8. The van der Waals surface area contributed by atoms with Crippen molar-refractivity contribution in [1.29, 1.82) is 0 Å². The van der Waals surface area contributed by atoms with Gasteiger partial charge in [-0.15, -0.1) is 0 Å². The van der Waals surface area contributed by atoms with Crippen molar-refractivity contribution >= 4 is 12.9 Å². The largest absolute Gasteiger partial charge is 0.462 e. The van der Waals surface area contributed by atoms with Gasteiger partial charge in [0.25, 0.3) is 0 Å². The monoisotopic (exact) mass is 542 g/mol. The second-order valence-corrected chi connectivity index (χ2v) is 14.9. The quantitative estimate of drug-likeness (QED) is 0.309. The fourth-order valence-corrected chi connectivity index (χ4v) is 9.13. The number of hydrogen-bond donors (Lipinski definition) is 0. The normalized spacial score (nSPS) is 21.3. The summed E-state index contributed by atoms with van der Waals surface area (Å²) in [4.78, 5) is 0. The first-order valence-corrected chi connectivity index (χ1v) is 16.6. The standard InChI is InChI=1S/C35H43O3P/c1-25-20-29(34(3)16-10-6-11-17-34)23-27-22-28-24-30(35(4)18-12-7-13-19-35)21-26(2)33(28)38-39(36,37-32(25)27)31-14-8-5-9-15-31/h5,8-9,14-15,20-21,23-24H,6-7,10-13,16-19,22H2,1-4H3. The Kier molecular flexibility index (Phi) is 6.95. The smallest absolute Gasteiger partial charge is 0.412 e. The third kappa shape index (κ3) is 4.97. The molecule has 0 amide bonds. The van der Waals surface area contributed by atoms with Crippen molar-refractivity contribution < 1.29 is 13.6 Å². The highest BCUT2D eigenvalue weighted by Gasteiger charge is 2.38. The Morgan fingerprint density at radius 2 is 1.08 bits per heavy atom. The topological polar surface area (TPSA) is 35.5 Å². The van der Waals surface area contributed by atoms with E-state index in [1.54, 1.807) is 0 Å². The van der Waals surface area contributed by atoms with Gasteiger partial charge in [-0.1, -0.05) is 94.8 Å². The third-order valence-corrected chi connectivity index (χ3v) is 11.7. The molecular formula is C35H43O3P. The van der Waals surface area contributed by atoms with Crippen LogP contribution in [0.5, 0.6) is 11.5 Å². The molecule has 1 heterocycles. The molecule has 6 rings (SSSR count). The van der Waals surface area contributed by atoms with E-state index in [1.165, 1.54) is 75.3 Å². The van der Waals surface area contributed by atoms with Crippen LogP contribution in [0.3, 0.4) is 0 Å². The molecule has 0 radical (unpaired) electrons. The second kappa shape index (κ2) is 10.2. The van der Waals surface area contributed by atoms with Crippen LogP contribution in [0.25, 0.3) is 0 Å². The van der Waals surface area contributed by atoms with Gasteiger partial charge in [-0.2, -0.15) is 0 Å². The molecule has 0 bridgehead atoms. The zero-order valence-electron chi connectivity index (χ0n) is 24.1. The lowest BCUT2D eigenvalue weighted by Crippen LogP contribution is -2.26. The van der Waals surface area contributed by atoms with E-state index in [4.69, 9.17) is 9.05 Å². The molecule has 39 heavy (non-hydrogen) atoms. The molecule has 0 aromatic heterocycles. The van der Waals surface area contributed by atoms with Crippen molar-refractivity contribution in [3.63, 3.8) is 0 Å². The molecule has 2 saturated carbocycles. The molecule has 0 unspecified atom stereocenters. The number of aryl methyl sites for hydroxylation is 2. The van der Waals surface area contributed by atoms with E-state index in [1.807, 2.05) is 30.3 Å². The lowest BCUT2D eigenvalue weighted by atomic mass is 9.69. The van der Waals surface area contributed by atoms with E-state index in [2.05, 4.69) is 52.0 Å². The maximum Gasteiger partial charge on any atom is 0.462 e. The maximum absolute atomic E-state index is 14.7. The van der Waals surface area contributed by atoms with Crippen LogP contribution in [0.2, 0.25) is 0 Å². The van der Waals surface area contributed by atoms with Crippen molar-refractivity contribution in [2.24, 2.45) is 0 Å². The van der Waals surface area contributed by atoms with Crippen molar-refractivity contribution in [3.05, 3.63) is 88.0 Å². The van der Waals surface area contributed by atoms with E-state index in [0.29, 0.717) is 5.30 Å². The highest BCUT2D eigenvalue weighted by atomic mass is 31.2. The molecule has 2 aliphatic carbocycles. The van der Waals surface area contributed by atoms with Gasteiger partial charge in [0.2, 0.25) is 0 Å². The molecule has 0 N–H and O–H groups in total. The van der Waals surface area contributed by atoms with Gasteiger partial charge in [0.15, 0.2) is 0 Å². The van der Waals surface area contributed by atoms with E-state index in [-0.39, 0.29) is 10.8 Å². The summed E-state index contributed by atoms with van der Waals surface area (Å²) in [6.45, 7) is 9.07. The molecule has 3 aromatic rings. The van der Waals surface area contributed by atoms with Crippen LogP contribution in [-0.4, -0.2) is 0 Å². The molecule has 0 atom stereocenters. The van der Waals surface area contributed by atoms with Gasteiger partial charge in [0.1, 0.15) is 11.5 Å². The first-order valence-electron chi connectivity index (χ1n) is 15.0. The first kappa shape index (κ1) is 26.7. The van der Waals surface area contributed by atoms with Gasteiger partial charge in [0, 0.05) is 6.42 Å². The van der Waals surface area contributed by atoms with Crippen LogP contribution >= 0.6 is 7.60 Å². The molecule has 2 fully saturated rings. The summed E-state index contributed by atoms with van der Waals surface area (Å²) in [6.07, 6.45) is 13.4. The average Bonchev–Trinajstić information content (AvgIpc) is 2.92. The fourth-order valence-electron chi connectivity index (χ4n) is 7.34. The van der Waals surface area contributed by atoms with Crippen molar-refractivity contribution in [1.82, 2.24) is 0 Å². The molecular weight excluding hydrogens is 499 g/mol. The Labute approximate surface area is 234 Å². The second-order valence-electron chi connectivity index (χ2n) is 13.0. The predicted octanol–water partition coefficient (Wildman–Crippen LogP) is 9.63. The van der Waals surface area contributed by atoms with Gasteiger partial charge < -0.3 is 9.05 Å². The first-order chi connectivity index (χ1) is 18.7. The Morgan fingerprint density at radius 1 is 0.641 bits per heavy atom. The van der Waals surface area contributed by atoms with Gasteiger partial charge in [0.05, 0.1) is 5.30 Å². The Balaban J connectivity index is 1.54. The number of rotatable bonds is 3. The maximum atomic E-state index is 14.7. The summed E-state index contributed by atoms with van der Waals surface area (Å²) >= 11 is 0. The highest BCUT2D eigenvalue weighted by Crippen LogP contribution is 2.54. The van der Waals surface area contributed by atoms with E-state index in [9.17, 15) is 4.57 Å². The van der Waals surface area contributed by atoms with E-state index >= 15 is 0 Å². The number of fused-ring (bicyclic) bond motifs is 2. The summed E-state index contributed by atoms with van der Waals surface area (Å²) in [5, 5.41) is 0.592. The van der Waals surface area contributed by atoms with Gasteiger partial charge in [-0.25, -0.2) is 4.57 Å². The molecule has 1 aliphatic heterocycles. The zero-order valence-corrected chi connectivity index (χ0v) is 25.0. The molecule has 3 aromatic carbocycles. The van der Waals surface area contributed by atoms with Gasteiger partial charge >= 0.3 is 7.60 Å². The van der Waals surface area contributed by atoms with Crippen LogP contribution in [-0.2, 0) is 21.8 Å². The highest BCUT2D eigenvalue weighted by molar-refractivity contribution is 7.63. The molecule has 3 aliphatic rings. The summed E-state index contributed by atoms with van der Waals surface area (Å²) < 4.78 is 27.7. The van der Waals surface area contributed by atoms with Gasteiger partial charge in [-0.3, -0.25) is 0 Å². The molecule has 206 valence electrons. The predicted molar refractivity (Wildman–Crippen MR) is 161 cm³/mol. The molecule has 0 spiro atoms. The van der Waals surface area contributed by atoms with Crippen molar-refractivity contribution in [2.75, 3.05) is 0 Å². The lowest BCUT2D eigenvalue weighted by molar-refractivity contribution is 0.318. The van der Waals surface area contributed by atoms with E-state index < -0.39 is 7.60 Å². The SMILES string of the molecule is Cc1cc(C2(C)CCCCC2)cc2c1OP(=O)(c1ccccc1)Oc1c(C)cc(C3(C)CCCCC3)cc1C2. The van der Waals surface area contributed by atoms with E-state index in [0.717, 1.165) is 40.2 Å². The third-order valence-electron chi connectivity index (χ3n) is 9.89. The minimum atomic E-state index is -3.68. The van der Waals surface area contributed by atoms with Crippen molar-refractivity contribution in [3.8, 4) is 11.5 Å². The lowest BCUT2D eigenvalue weighted by Gasteiger charge is -2.37. The zero-order chi connectivity index (χ0) is 27.3. The van der Waals surface area contributed by atoms with Crippen LogP contribution < -0.4 is 14.4 Å². The summed E-state index contributed by atoms with van der Waals surface area (Å²) in [7, 11) is -3.68. The minimum Gasteiger partial charge on any atom is -0.412 e. The number of hydrogen-bond acceptors (Lipinski definition) is 3. The molecule has 0 saturated heterocycles. The molecule has 4 heteroatoms.